The standard InChI is InChI=1S/C11H17N3O2/c1-6(2)8-5-7(3)13-10(14-8)9(12-4)11(15)16/h5-6,9,12H,1-4H3,(H,15,16). The van der Waals surface area contributed by atoms with Gasteiger partial charge in [-0.05, 0) is 26.0 Å². The van der Waals surface area contributed by atoms with Crippen LogP contribution in [0.5, 0.6) is 0 Å². The Hall–Kier alpha value is -1.49. The lowest BCUT2D eigenvalue weighted by atomic mass is 10.1. The van der Waals surface area contributed by atoms with E-state index in [0.717, 1.165) is 11.4 Å². The molecule has 0 aliphatic carbocycles. The van der Waals surface area contributed by atoms with E-state index in [4.69, 9.17) is 5.11 Å². The number of aliphatic carboxylic acids is 1. The van der Waals surface area contributed by atoms with Crippen molar-refractivity contribution >= 4 is 5.97 Å². The Bertz CT molecular complexity index is 391. The van der Waals surface area contributed by atoms with Gasteiger partial charge in [-0.1, -0.05) is 13.8 Å². The van der Waals surface area contributed by atoms with Gasteiger partial charge in [-0.15, -0.1) is 0 Å². The van der Waals surface area contributed by atoms with Gasteiger partial charge in [0.15, 0.2) is 11.9 Å². The Morgan fingerprint density at radius 3 is 2.50 bits per heavy atom. The minimum atomic E-state index is -0.970. The summed E-state index contributed by atoms with van der Waals surface area (Å²) in [5, 5.41) is 11.7. The molecular formula is C11H17N3O2. The molecule has 2 N–H and O–H groups in total. The molecule has 0 fully saturated rings. The van der Waals surface area contributed by atoms with Gasteiger partial charge in [0.25, 0.3) is 0 Å². The van der Waals surface area contributed by atoms with E-state index in [-0.39, 0.29) is 5.92 Å². The van der Waals surface area contributed by atoms with Crippen molar-refractivity contribution in [3.63, 3.8) is 0 Å². The lowest BCUT2D eigenvalue weighted by Gasteiger charge is -2.13. The van der Waals surface area contributed by atoms with Crippen LogP contribution in [0.3, 0.4) is 0 Å². The van der Waals surface area contributed by atoms with Crippen molar-refractivity contribution in [2.24, 2.45) is 0 Å². The van der Waals surface area contributed by atoms with Crippen LogP contribution in [-0.2, 0) is 4.79 Å². The topological polar surface area (TPSA) is 75.1 Å². The molecular weight excluding hydrogens is 206 g/mol. The minimum absolute atomic E-state index is 0.256. The largest absolute Gasteiger partial charge is 0.480 e. The number of carboxylic acid groups (broad SMARTS) is 1. The predicted octanol–water partition coefficient (Wildman–Crippen LogP) is 1.25. The quantitative estimate of drug-likeness (QED) is 0.803. The molecule has 1 aromatic heterocycles. The first-order chi connectivity index (χ1) is 7.45. The van der Waals surface area contributed by atoms with E-state index >= 15 is 0 Å². The number of nitrogens with one attached hydrogen (secondary N) is 1. The Balaban J connectivity index is 3.17. The van der Waals surface area contributed by atoms with Crippen molar-refractivity contribution in [1.82, 2.24) is 15.3 Å². The van der Waals surface area contributed by atoms with Crippen LogP contribution in [-0.4, -0.2) is 28.1 Å². The number of rotatable bonds is 4. The average molecular weight is 223 g/mol. The van der Waals surface area contributed by atoms with Crippen LogP contribution < -0.4 is 5.32 Å². The van der Waals surface area contributed by atoms with Crippen LogP contribution in [0.15, 0.2) is 6.07 Å². The maximum absolute atomic E-state index is 11.0. The van der Waals surface area contributed by atoms with E-state index in [2.05, 4.69) is 15.3 Å². The SMILES string of the molecule is CNC(C(=O)O)c1nc(C)cc(C(C)C)n1. The summed E-state index contributed by atoms with van der Waals surface area (Å²) in [6.07, 6.45) is 0. The van der Waals surface area contributed by atoms with Crippen LogP contribution in [0.2, 0.25) is 0 Å². The number of carbonyl (C=O) groups is 1. The average Bonchev–Trinajstić information content (AvgIpc) is 2.17. The Morgan fingerprint density at radius 1 is 1.44 bits per heavy atom. The molecule has 88 valence electrons. The molecule has 5 heteroatoms. The fourth-order valence-corrected chi connectivity index (χ4v) is 1.40. The molecule has 5 nitrogen and oxygen atoms in total. The summed E-state index contributed by atoms with van der Waals surface area (Å²) < 4.78 is 0. The van der Waals surface area contributed by atoms with Gasteiger partial charge < -0.3 is 10.4 Å². The van der Waals surface area contributed by atoms with Gasteiger partial charge in [0, 0.05) is 11.4 Å². The second-order valence-electron chi connectivity index (χ2n) is 4.01. The molecule has 0 bridgehead atoms. The highest BCUT2D eigenvalue weighted by Gasteiger charge is 2.21. The fraction of sp³-hybridized carbons (Fsp3) is 0.545. The molecule has 0 saturated heterocycles. The second kappa shape index (κ2) is 5.03. The summed E-state index contributed by atoms with van der Waals surface area (Å²) in [5.41, 5.74) is 1.65. The third-order valence-corrected chi connectivity index (χ3v) is 2.28. The third kappa shape index (κ3) is 2.76. The molecule has 0 amide bonds. The van der Waals surface area contributed by atoms with E-state index in [1.165, 1.54) is 0 Å². The van der Waals surface area contributed by atoms with Crippen LogP contribution >= 0.6 is 0 Å². The second-order valence-corrected chi connectivity index (χ2v) is 4.01. The Kier molecular flexibility index (Phi) is 3.95. The molecule has 0 aromatic carbocycles. The lowest BCUT2D eigenvalue weighted by Crippen LogP contribution is -2.27. The zero-order chi connectivity index (χ0) is 12.3. The monoisotopic (exact) mass is 223 g/mol. The molecule has 0 saturated carbocycles. The van der Waals surface area contributed by atoms with E-state index in [1.54, 1.807) is 7.05 Å². The minimum Gasteiger partial charge on any atom is -0.480 e. The summed E-state index contributed by atoms with van der Waals surface area (Å²) in [6, 6.07) is 1.03. The molecule has 1 heterocycles. The van der Waals surface area contributed by atoms with E-state index < -0.39 is 12.0 Å². The van der Waals surface area contributed by atoms with Gasteiger partial charge in [0.05, 0.1) is 0 Å². The molecule has 1 aromatic rings. The third-order valence-electron chi connectivity index (χ3n) is 2.28. The first kappa shape index (κ1) is 12.6. The molecule has 0 aliphatic rings. The first-order valence-electron chi connectivity index (χ1n) is 5.21. The van der Waals surface area contributed by atoms with Gasteiger partial charge in [-0.25, -0.2) is 9.97 Å². The zero-order valence-corrected chi connectivity index (χ0v) is 9.98. The van der Waals surface area contributed by atoms with Crippen LogP contribution in [0.4, 0.5) is 0 Å². The summed E-state index contributed by atoms with van der Waals surface area (Å²) in [6.45, 7) is 5.87. The molecule has 1 unspecified atom stereocenters. The highest BCUT2D eigenvalue weighted by atomic mass is 16.4. The van der Waals surface area contributed by atoms with Gasteiger partial charge in [-0.2, -0.15) is 0 Å². The zero-order valence-electron chi connectivity index (χ0n) is 9.98. The van der Waals surface area contributed by atoms with E-state index in [9.17, 15) is 4.79 Å². The van der Waals surface area contributed by atoms with Crippen molar-refractivity contribution in [2.45, 2.75) is 32.7 Å². The maximum atomic E-state index is 11.0. The lowest BCUT2D eigenvalue weighted by molar-refractivity contribution is -0.139. The number of hydrogen-bond acceptors (Lipinski definition) is 4. The summed E-state index contributed by atoms with van der Waals surface area (Å²) >= 11 is 0. The molecule has 0 spiro atoms. The molecule has 1 rings (SSSR count). The Labute approximate surface area is 94.9 Å². The molecule has 0 radical (unpaired) electrons. The van der Waals surface area contributed by atoms with Gasteiger partial charge in [0.2, 0.25) is 0 Å². The normalized spacial score (nSPS) is 12.8. The van der Waals surface area contributed by atoms with Crippen molar-refractivity contribution in [1.29, 1.82) is 0 Å². The van der Waals surface area contributed by atoms with Gasteiger partial charge in [-0.3, -0.25) is 4.79 Å². The fourth-order valence-electron chi connectivity index (χ4n) is 1.40. The van der Waals surface area contributed by atoms with E-state index in [1.807, 2.05) is 26.8 Å². The highest BCUT2D eigenvalue weighted by molar-refractivity contribution is 5.74. The Morgan fingerprint density at radius 2 is 2.06 bits per heavy atom. The van der Waals surface area contributed by atoms with Gasteiger partial charge in [0.1, 0.15) is 0 Å². The summed E-state index contributed by atoms with van der Waals surface area (Å²) in [5.74, 6) is -0.395. The predicted molar refractivity (Wildman–Crippen MR) is 60.3 cm³/mol. The summed E-state index contributed by atoms with van der Waals surface area (Å²) in [7, 11) is 1.58. The smallest absolute Gasteiger partial charge is 0.328 e. The molecule has 1 atom stereocenters. The number of hydrogen-bond donors (Lipinski definition) is 2. The highest BCUT2D eigenvalue weighted by Crippen LogP contribution is 2.15. The first-order valence-corrected chi connectivity index (χ1v) is 5.21. The van der Waals surface area contributed by atoms with Crippen LogP contribution in [0, 0.1) is 6.92 Å². The van der Waals surface area contributed by atoms with Gasteiger partial charge >= 0.3 is 5.97 Å². The number of aryl methyl sites for hydroxylation is 1. The van der Waals surface area contributed by atoms with Crippen molar-refractivity contribution < 1.29 is 9.90 Å². The number of aromatic nitrogens is 2. The van der Waals surface area contributed by atoms with Crippen molar-refractivity contribution in [2.75, 3.05) is 7.05 Å². The number of carboxylic acids is 1. The maximum Gasteiger partial charge on any atom is 0.328 e. The van der Waals surface area contributed by atoms with E-state index in [0.29, 0.717) is 5.82 Å². The molecule has 0 aliphatic heterocycles. The molecule has 16 heavy (non-hydrogen) atoms. The number of nitrogens with zero attached hydrogens (tertiary/aromatic N) is 2. The van der Waals surface area contributed by atoms with Crippen molar-refractivity contribution in [3.8, 4) is 0 Å². The van der Waals surface area contributed by atoms with Crippen LogP contribution in [0.1, 0.15) is 43.0 Å². The van der Waals surface area contributed by atoms with Crippen LogP contribution in [0.25, 0.3) is 0 Å². The summed E-state index contributed by atoms with van der Waals surface area (Å²) in [4.78, 5) is 19.4. The number of likely N-dealkylation sites (N-methyl/N-ethyl adjacent to an activating group) is 1. The van der Waals surface area contributed by atoms with Crippen molar-refractivity contribution in [3.05, 3.63) is 23.3 Å².